The molecule has 1 aromatic carbocycles. The Labute approximate surface area is 231 Å². The van der Waals surface area contributed by atoms with Crippen LogP contribution in [0.25, 0.3) is 0 Å². The molecule has 0 spiro atoms. The number of nitrogens with two attached hydrogens (primary N) is 1. The molecule has 0 aliphatic carbocycles. The van der Waals surface area contributed by atoms with Gasteiger partial charge >= 0.3 is 5.97 Å². The predicted octanol–water partition coefficient (Wildman–Crippen LogP) is -0.317. The van der Waals surface area contributed by atoms with Gasteiger partial charge in [-0.1, -0.05) is 12.1 Å². The third-order valence-corrected chi connectivity index (χ3v) is 7.72. The molecule has 0 bridgehead atoms. The number of carbonyl (C=O) groups is 5. The van der Waals surface area contributed by atoms with Gasteiger partial charge in [-0.15, -0.1) is 0 Å². The molecule has 214 valence electrons. The number of carboxylic acids is 1. The maximum absolute atomic E-state index is 13.6. The Kier molecular flexibility index (Phi) is 11.0. The normalized spacial score (nSPS) is 20.4. The fourth-order valence-electron chi connectivity index (χ4n) is 5.07. The quantitative estimate of drug-likeness (QED) is 0.228. The number of benzene rings is 1. The Morgan fingerprint density at radius 1 is 0.974 bits per heavy atom. The molecule has 13 heteroatoms. The molecule has 2 saturated heterocycles. The molecule has 12 nitrogen and oxygen atoms in total. The van der Waals surface area contributed by atoms with E-state index < -0.39 is 53.8 Å². The minimum Gasteiger partial charge on any atom is -0.508 e. The van der Waals surface area contributed by atoms with Crippen LogP contribution >= 0.6 is 11.8 Å². The summed E-state index contributed by atoms with van der Waals surface area (Å²) in [6.07, 6.45) is 4.23. The molecule has 2 aliphatic rings. The van der Waals surface area contributed by atoms with Crippen LogP contribution in [0.5, 0.6) is 5.75 Å². The fourth-order valence-corrected chi connectivity index (χ4v) is 5.54. The molecule has 0 aromatic heterocycles. The summed E-state index contributed by atoms with van der Waals surface area (Å²) < 4.78 is 0. The third kappa shape index (κ3) is 7.85. The first-order chi connectivity index (χ1) is 18.7. The Balaban J connectivity index is 1.75. The predicted molar refractivity (Wildman–Crippen MR) is 145 cm³/mol. The number of aromatic hydroxyl groups is 1. The van der Waals surface area contributed by atoms with Crippen molar-refractivity contribution >= 4 is 41.4 Å². The second-order valence-corrected chi connectivity index (χ2v) is 10.7. The Bertz CT molecular complexity index is 1050. The summed E-state index contributed by atoms with van der Waals surface area (Å²) in [5.41, 5.74) is 6.16. The summed E-state index contributed by atoms with van der Waals surface area (Å²) in [5.74, 6) is -2.30. The molecular weight excluding hydrogens is 526 g/mol. The average Bonchev–Trinajstić information content (AvgIpc) is 3.61. The standard InChI is InChI=1S/C26H37N5O7S/c1-39-13-10-18(24(35)31-12-3-5-21(31)26(37)38)29-23(34)20-4-2-11-30(20)25(36)19(28-22(33)15-27)14-16-6-8-17(32)9-7-16/h6-9,18-21,32H,2-5,10-15,27H2,1H3,(H,28,33)(H,29,34)(H,37,38)/t18-,19-,20-,21-/m0/s1. The summed E-state index contributed by atoms with van der Waals surface area (Å²) in [4.78, 5) is 66.8. The zero-order valence-electron chi connectivity index (χ0n) is 22.0. The van der Waals surface area contributed by atoms with Gasteiger partial charge in [0, 0.05) is 19.5 Å². The van der Waals surface area contributed by atoms with Gasteiger partial charge in [-0.3, -0.25) is 19.2 Å². The molecule has 0 radical (unpaired) electrons. The number of hydrogen-bond acceptors (Lipinski definition) is 8. The highest BCUT2D eigenvalue weighted by Crippen LogP contribution is 2.23. The van der Waals surface area contributed by atoms with E-state index >= 15 is 0 Å². The Morgan fingerprint density at radius 2 is 1.56 bits per heavy atom. The summed E-state index contributed by atoms with van der Waals surface area (Å²) >= 11 is 1.51. The second-order valence-electron chi connectivity index (χ2n) is 9.75. The van der Waals surface area contributed by atoms with Gasteiger partial charge in [-0.25, -0.2) is 4.79 Å². The molecular formula is C26H37N5O7S. The van der Waals surface area contributed by atoms with Gasteiger partial charge in [0.15, 0.2) is 0 Å². The van der Waals surface area contributed by atoms with Crippen LogP contribution in [0.4, 0.5) is 0 Å². The topological polar surface area (TPSA) is 182 Å². The number of aliphatic carboxylic acids is 1. The SMILES string of the molecule is CSCC[C@H](NC(=O)[C@@H]1CCCN1C(=O)[C@H](Cc1ccc(O)cc1)NC(=O)CN)C(=O)N1CCC[C@H]1C(=O)O. The van der Waals surface area contributed by atoms with Crippen LogP contribution in [-0.4, -0.2) is 105 Å². The van der Waals surface area contributed by atoms with Crippen LogP contribution in [-0.2, 0) is 30.4 Å². The fraction of sp³-hybridized carbons (Fsp3) is 0.577. The first-order valence-electron chi connectivity index (χ1n) is 13.1. The van der Waals surface area contributed by atoms with Crippen LogP contribution in [0.2, 0.25) is 0 Å². The number of carboxylic acid groups (broad SMARTS) is 1. The van der Waals surface area contributed by atoms with Crippen molar-refractivity contribution in [3.63, 3.8) is 0 Å². The molecule has 2 heterocycles. The lowest BCUT2D eigenvalue weighted by molar-refractivity contribution is -0.149. The van der Waals surface area contributed by atoms with Gasteiger partial charge < -0.3 is 36.4 Å². The van der Waals surface area contributed by atoms with Crippen LogP contribution in [0.3, 0.4) is 0 Å². The van der Waals surface area contributed by atoms with Gasteiger partial charge in [-0.05, 0) is 61.8 Å². The summed E-state index contributed by atoms with van der Waals surface area (Å²) in [5, 5.41) is 24.5. The molecule has 6 N–H and O–H groups in total. The largest absolute Gasteiger partial charge is 0.508 e. The maximum Gasteiger partial charge on any atom is 0.326 e. The number of phenols is 1. The van der Waals surface area contributed by atoms with E-state index in [1.54, 1.807) is 12.1 Å². The number of amides is 4. The van der Waals surface area contributed by atoms with E-state index in [1.807, 2.05) is 6.26 Å². The van der Waals surface area contributed by atoms with Gasteiger partial charge in [0.2, 0.25) is 23.6 Å². The van der Waals surface area contributed by atoms with Crippen LogP contribution in [0, 0.1) is 0 Å². The van der Waals surface area contributed by atoms with E-state index in [4.69, 9.17) is 5.73 Å². The zero-order valence-corrected chi connectivity index (χ0v) is 22.8. The van der Waals surface area contributed by atoms with Crippen LogP contribution in [0.15, 0.2) is 24.3 Å². The van der Waals surface area contributed by atoms with Crippen molar-refractivity contribution in [2.75, 3.05) is 31.6 Å². The lowest BCUT2D eigenvalue weighted by atomic mass is 10.0. The minimum atomic E-state index is -1.07. The van der Waals surface area contributed by atoms with Crippen molar-refractivity contribution in [2.24, 2.45) is 5.73 Å². The summed E-state index contributed by atoms with van der Waals surface area (Å²) in [7, 11) is 0. The number of nitrogens with one attached hydrogen (secondary N) is 2. The highest BCUT2D eigenvalue weighted by Gasteiger charge is 2.41. The van der Waals surface area contributed by atoms with Crippen molar-refractivity contribution in [2.45, 2.75) is 62.7 Å². The summed E-state index contributed by atoms with van der Waals surface area (Å²) in [6, 6.07) is 2.60. The second kappa shape index (κ2) is 14.2. The Hall–Kier alpha value is -3.32. The zero-order chi connectivity index (χ0) is 28.5. The van der Waals surface area contributed by atoms with E-state index in [0.717, 1.165) is 0 Å². The lowest BCUT2D eigenvalue weighted by Crippen LogP contribution is -2.58. The third-order valence-electron chi connectivity index (χ3n) is 7.08. The number of hydrogen-bond donors (Lipinski definition) is 5. The van der Waals surface area contributed by atoms with E-state index in [0.29, 0.717) is 56.5 Å². The van der Waals surface area contributed by atoms with Gasteiger partial charge in [-0.2, -0.15) is 11.8 Å². The molecule has 4 atom stereocenters. The smallest absolute Gasteiger partial charge is 0.326 e. The van der Waals surface area contributed by atoms with E-state index in [9.17, 15) is 34.2 Å². The van der Waals surface area contributed by atoms with Crippen molar-refractivity contribution in [1.82, 2.24) is 20.4 Å². The molecule has 2 fully saturated rings. The maximum atomic E-state index is 13.6. The van der Waals surface area contributed by atoms with Crippen LogP contribution in [0.1, 0.15) is 37.7 Å². The number of rotatable bonds is 12. The highest BCUT2D eigenvalue weighted by molar-refractivity contribution is 7.98. The number of likely N-dealkylation sites (tertiary alicyclic amines) is 2. The Morgan fingerprint density at radius 3 is 2.15 bits per heavy atom. The number of nitrogens with zero attached hydrogens (tertiary/aromatic N) is 2. The molecule has 2 aliphatic heterocycles. The van der Waals surface area contributed by atoms with Crippen molar-refractivity contribution in [3.05, 3.63) is 29.8 Å². The van der Waals surface area contributed by atoms with Gasteiger partial charge in [0.1, 0.15) is 29.9 Å². The number of thioether (sulfide) groups is 1. The van der Waals surface area contributed by atoms with Gasteiger partial charge in [0.05, 0.1) is 6.54 Å². The number of carbonyl (C=O) groups excluding carboxylic acids is 4. The molecule has 3 rings (SSSR count). The molecule has 4 amide bonds. The minimum absolute atomic E-state index is 0.0677. The van der Waals surface area contributed by atoms with Crippen LogP contribution < -0.4 is 16.4 Å². The van der Waals surface area contributed by atoms with Crippen molar-refractivity contribution < 1.29 is 34.2 Å². The first-order valence-corrected chi connectivity index (χ1v) is 14.5. The van der Waals surface area contributed by atoms with E-state index in [2.05, 4.69) is 10.6 Å². The molecule has 1 aromatic rings. The van der Waals surface area contributed by atoms with E-state index in [1.165, 1.54) is 33.7 Å². The average molecular weight is 564 g/mol. The highest BCUT2D eigenvalue weighted by atomic mass is 32.2. The lowest BCUT2D eigenvalue weighted by Gasteiger charge is -2.31. The first kappa shape index (κ1) is 30.2. The van der Waals surface area contributed by atoms with Gasteiger partial charge in [0.25, 0.3) is 0 Å². The molecule has 0 saturated carbocycles. The molecule has 39 heavy (non-hydrogen) atoms. The van der Waals surface area contributed by atoms with E-state index in [-0.39, 0.29) is 18.7 Å². The number of phenolic OH excluding ortho intramolecular Hbond substituents is 1. The van der Waals surface area contributed by atoms with Crippen molar-refractivity contribution in [1.29, 1.82) is 0 Å². The monoisotopic (exact) mass is 563 g/mol. The van der Waals surface area contributed by atoms with Crippen molar-refractivity contribution in [3.8, 4) is 5.75 Å². The molecule has 0 unspecified atom stereocenters. The summed E-state index contributed by atoms with van der Waals surface area (Å²) in [6.45, 7) is 0.309.